The third kappa shape index (κ3) is 3.82. The second-order valence-electron chi connectivity index (χ2n) is 5.56. The zero-order valence-electron chi connectivity index (χ0n) is 14.0. The molecule has 1 fully saturated rings. The fraction of sp³-hybridized carbons (Fsp3) is 0.562. The fourth-order valence-corrected chi connectivity index (χ4v) is 2.97. The summed E-state index contributed by atoms with van der Waals surface area (Å²) in [4.78, 5) is 14.6. The third-order valence-electron chi connectivity index (χ3n) is 4.17. The first kappa shape index (κ1) is 19.4. The van der Waals surface area contributed by atoms with Gasteiger partial charge in [-0.3, -0.25) is 4.79 Å². The number of methoxy groups -OCH3 is 3. The van der Waals surface area contributed by atoms with Gasteiger partial charge in [0.15, 0.2) is 11.5 Å². The van der Waals surface area contributed by atoms with Gasteiger partial charge in [-0.25, -0.2) is 0 Å². The molecule has 2 unspecified atom stereocenters. The van der Waals surface area contributed by atoms with Crippen LogP contribution in [0.2, 0.25) is 0 Å². The Morgan fingerprint density at radius 3 is 2.17 bits per heavy atom. The van der Waals surface area contributed by atoms with Crippen LogP contribution in [0.4, 0.5) is 0 Å². The van der Waals surface area contributed by atoms with Crippen LogP contribution in [-0.2, 0) is 0 Å². The van der Waals surface area contributed by atoms with Crippen molar-refractivity contribution in [3.63, 3.8) is 0 Å². The Balaban J connectivity index is 0.00000264. The molecule has 0 aromatic heterocycles. The molecular formula is C16H25ClN2O4. The highest BCUT2D eigenvalue weighted by molar-refractivity contribution is 5.96. The Morgan fingerprint density at radius 1 is 1.22 bits per heavy atom. The molecule has 0 bridgehead atoms. The van der Waals surface area contributed by atoms with E-state index >= 15 is 0 Å². The number of amides is 1. The largest absolute Gasteiger partial charge is 0.493 e. The zero-order valence-corrected chi connectivity index (χ0v) is 14.8. The van der Waals surface area contributed by atoms with Gasteiger partial charge in [0, 0.05) is 18.2 Å². The SMILES string of the molecule is COc1cc(C(=O)N2CC(CN)CC2C)cc(OC)c1OC.Cl. The molecular weight excluding hydrogens is 320 g/mol. The fourth-order valence-electron chi connectivity index (χ4n) is 2.97. The number of nitrogens with two attached hydrogens (primary N) is 1. The quantitative estimate of drug-likeness (QED) is 0.883. The first-order valence-corrected chi connectivity index (χ1v) is 7.36. The number of rotatable bonds is 5. The number of hydrogen-bond acceptors (Lipinski definition) is 5. The molecule has 7 heteroatoms. The van der Waals surface area contributed by atoms with Gasteiger partial charge in [-0.05, 0) is 37.9 Å². The van der Waals surface area contributed by atoms with Gasteiger partial charge in [0.05, 0.1) is 21.3 Å². The number of carbonyl (C=O) groups excluding carboxylic acids is 1. The highest BCUT2D eigenvalue weighted by Gasteiger charge is 2.32. The molecule has 2 N–H and O–H groups in total. The van der Waals surface area contributed by atoms with E-state index in [2.05, 4.69) is 0 Å². The Kier molecular flexibility index (Phi) is 6.97. The van der Waals surface area contributed by atoms with Gasteiger partial charge in [0.1, 0.15) is 0 Å². The van der Waals surface area contributed by atoms with Crippen molar-refractivity contribution in [1.82, 2.24) is 4.90 Å². The van der Waals surface area contributed by atoms with Crippen molar-refractivity contribution in [2.24, 2.45) is 11.7 Å². The molecule has 1 aliphatic rings. The number of benzene rings is 1. The summed E-state index contributed by atoms with van der Waals surface area (Å²) in [5.41, 5.74) is 6.26. The molecule has 1 amide bonds. The second-order valence-corrected chi connectivity index (χ2v) is 5.56. The molecule has 2 atom stereocenters. The minimum Gasteiger partial charge on any atom is -0.493 e. The molecule has 1 saturated heterocycles. The molecule has 0 saturated carbocycles. The topological polar surface area (TPSA) is 74.0 Å². The molecule has 0 radical (unpaired) electrons. The molecule has 1 heterocycles. The highest BCUT2D eigenvalue weighted by Crippen LogP contribution is 2.39. The maximum absolute atomic E-state index is 12.8. The Bertz CT molecular complexity index is 528. The lowest BCUT2D eigenvalue weighted by Gasteiger charge is -2.22. The van der Waals surface area contributed by atoms with Crippen molar-refractivity contribution in [2.75, 3.05) is 34.4 Å². The van der Waals surface area contributed by atoms with Gasteiger partial charge < -0.3 is 24.8 Å². The summed E-state index contributed by atoms with van der Waals surface area (Å²) in [5, 5.41) is 0. The number of hydrogen-bond donors (Lipinski definition) is 1. The number of ether oxygens (including phenoxy) is 3. The first-order valence-electron chi connectivity index (χ1n) is 7.36. The van der Waals surface area contributed by atoms with Crippen molar-refractivity contribution in [3.8, 4) is 17.2 Å². The van der Waals surface area contributed by atoms with Gasteiger partial charge in [-0.15, -0.1) is 12.4 Å². The van der Waals surface area contributed by atoms with E-state index in [1.165, 1.54) is 21.3 Å². The minimum absolute atomic E-state index is 0. The van der Waals surface area contributed by atoms with Gasteiger partial charge in [0.25, 0.3) is 5.91 Å². The second kappa shape index (κ2) is 8.26. The van der Waals surface area contributed by atoms with Crippen molar-refractivity contribution in [3.05, 3.63) is 17.7 Å². The van der Waals surface area contributed by atoms with Crippen LogP contribution in [0.1, 0.15) is 23.7 Å². The van der Waals surface area contributed by atoms with Gasteiger partial charge >= 0.3 is 0 Å². The number of nitrogens with zero attached hydrogens (tertiary/aromatic N) is 1. The Hall–Kier alpha value is -1.66. The van der Waals surface area contributed by atoms with E-state index in [-0.39, 0.29) is 24.4 Å². The van der Waals surface area contributed by atoms with E-state index < -0.39 is 0 Å². The van der Waals surface area contributed by atoms with Crippen LogP contribution in [0.15, 0.2) is 12.1 Å². The standard InChI is InChI=1S/C16H24N2O4.ClH/c1-10-5-11(8-17)9-18(10)16(19)12-6-13(20-2)15(22-4)14(7-12)21-3;/h6-7,10-11H,5,8-9,17H2,1-4H3;1H. The Morgan fingerprint density at radius 2 is 1.78 bits per heavy atom. The maximum Gasteiger partial charge on any atom is 0.254 e. The molecule has 1 aromatic rings. The number of likely N-dealkylation sites (tertiary alicyclic amines) is 1. The normalized spacial score (nSPS) is 20.0. The zero-order chi connectivity index (χ0) is 16.3. The summed E-state index contributed by atoms with van der Waals surface area (Å²) in [5.74, 6) is 1.76. The molecule has 1 aromatic carbocycles. The molecule has 1 aliphatic heterocycles. The number of halogens is 1. The van der Waals surface area contributed by atoms with Crippen LogP contribution in [0, 0.1) is 5.92 Å². The lowest BCUT2D eigenvalue weighted by molar-refractivity contribution is 0.0742. The van der Waals surface area contributed by atoms with Crippen LogP contribution in [0.3, 0.4) is 0 Å². The monoisotopic (exact) mass is 344 g/mol. The third-order valence-corrected chi connectivity index (χ3v) is 4.17. The van der Waals surface area contributed by atoms with Gasteiger partial charge in [-0.2, -0.15) is 0 Å². The van der Waals surface area contributed by atoms with E-state index in [4.69, 9.17) is 19.9 Å². The summed E-state index contributed by atoms with van der Waals surface area (Å²) >= 11 is 0. The molecule has 130 valence electrons. The summed E-state index contributed by atoms with van der Waals surface area (Å²) < 4.78 is 15.9. The van der Waals surface area contributed by atoms with Crippen LogP contribution in [0.5, 0.6) is 17.2 Å². The van der Waals surface area contributed by atoms with Crippen LogP contribution >= 0.6 is 12.4 Å². The van der Waals surface area contributed by atoms with Crippen LogP contribution in [0.25, 0.3) is 0 Å². The predicted molar refractivity (Wildman–Crippen MR) is 91.0 cm³/mol. The number of carbonyl (C=O) groups is 1. The lowest BCUT2D eigenvalue weighted by atomic mass is 10.1. The van der Waals surface area contributed by atoms with Crippen molar-refractivity contribution >= 4 is 18.3 Å². The molecule has 0 spiro atoms. The average Bonchev–Trinajstić information content (AvgIpc) is 2.93. The van der Waals surface area contributed by atoms with Crippen molar-refractivity contribution in [2.45, 2.75) is 19.4 Å². The summed E-state index contributed by atoms with van der Waals surface area (Å²) in [6, 6.07) is 3.55. The maximum atomic E-state index is 12.8. The van der Waals surface area contributed by atoms with Crippen LogP contribution < -0.4 is 19.9 Å². The highest BCUT2D eigenvalue weighted by atomic mass is 35.5. The minimum atomic E-state index is -0.0392. The Labute approximate surface area is 143 Å². The molecule has 0 aliphatic carbocycles. The van der Waals surface area contributed by atoms with E-state index in [0.717, 1.165) is 6.42 Å². The van der Waals surface area contributed by atoms with E-state index in [1.54, 1.807) is 12.1 Å². The lowest BCUT2D eigenvalue weighted by Crippen LogP contribution is -2.34. The van der Waals surface area contributed by atoms with Gasteiger partial charge in [-0.1, -0.05) is 0 Å². The van der Waals surface area contributed by atoms with Crippen LogP contribution in [-0.4, -0.2) is 51.3 Å². The van der Waals surface area contributed by atoms with E-state index in [1.807, 2.05) is 11.8 Å². The molecule has 23 heavy (non-hydrogen) atoms. The molecule has 6 nitrogen and oxygen atoms in total. The van der Waals surface area contributed by atoms with Gasteiger partial charge in [0.2, 0.25) is 5.75 Å². The van der Waals surface area contributed by atoms with E-state index in [9.17, 15) is 4.79 Å². The summed E-state index contributed by atoms with van der Waals surface area (Å²) in [6.07, 6.45) is 0.937. The summed E-state index contributed by atoms with van der Waals surface area (Å²) in [7, 11) is 4.61. The summed E-state index contributed by atoms with van der Waals surface area (Å²) in [6.45, 7) is 3.34. The van der Waals surface area contributed by atoms with Crippen molar-refractivity contribution < 1.29 is 19.0 Å². The average molecular weight is 345 g/mol. The molecule has 2 rings (SSSR count). The first-order chi connectivity index (χ1) is 10.5. The predicted octanol–water partition coefficient (Wildman–Crippen LogP) is 1.94. The van der Waals surface area contributed by atoms with E-state index in [0.29, 0.717) is 41.8 Å². The van der Waals surface area contributed by atoms with Crippen molar-refractivity contribution in [1.29, 1.82) is 0 Å². The smallest absolute Gasteiger partial charge is 0.254 e.